The summed E-state index contributed by atoms with van der Waals surface area (Å²) in [6.07, 6.45) is 0. The third-order valence-electron chi connectivity index (χ3n) is 4.48. The molecule has 0 atom stereocenters. The zero-order valence-electron chi connectivity index (χ0n) is 15.8. The first kappa shape index (κ1) is 19.6. The minimum absolute atomic E-state index is 0.0414. The van der Waals surface area contributed by atoms with Crippen molar-refractivity contribution < 1.29 is 19.1 Å². The summed E-state index contributed by atoms with van der Waals surface area (Å²) >= 11 is 6.16. The van der Waals surface area contributed by atoms with Crippen molar-refractivity contribution in [2.45, 2.75) is 0 Å². The number of amides is 2. The minimum Gasteiger partial charge on any atom is -0.495 e. The Labute approximate surface area is 168 Å². The van der Waals surface area contributed by atoms with Crippen LogP contribution in [0.15, 0.2) is 48.8 Å². The topological polar surface area (TPSA) is 71.1 Å². The van der Waals surface area contributed by atoms with Gasteiger partial charge >= 0.3 is 0 Å². The van der Waals surface area contributed by atoms with Gasteiger partial charge in [-0.1, -0.05) is 30.3 Å². The minimum atomic E-state index is -0.321. The van der Waals surface area contributed by atoms with Crippen LogP contribution in [0.1, 0.15) is 10.4 Å². The van der Waals surface area contributed by atoms with E-state index in [-0.39, 0.29) is 18.4 Å². The molecule has 0 aliphatic carbocycles. The van der Waals surface area contributed by atoms with Crippen LogP contribution >= 0.6 is 11.6 Å². The third-order valence-corrected chi connectivity index (χ3v) is 4.77. The second-order valence-electron chi connectivity index (χ2n) is 6.12. The molecule has 8 heteroatoms. The third kappa shape index (κ3) is 3.48. The Hall–Kier alpha value is -3.19. The molecule has 0 saturated heterocycles. The SMILES string of the molecule is C=C1N(C)C(=O)c2ccccc2N1CC(=O)Nc1cc(Cl)c(OC)cc1OC. The first-order valence-electron chi connectivity index (χ1n) is 8.42. The highest BCUT2D eigenvalue weighted by Crippen LogP contribution is 2.36. The zero-order chi connectivity index (χ0) is 20.4. The fourth-order valence-corrected chi connectivity index (χ4v) is 3.22. The lowest BCUT2D eigenvalue weighted by Gasteiger charge is -2.37. The largest absolute Gasteiger partial charge is 0.495 e. The number of nitrogens with zero attached hydrogens (tertiary/aromatic N) is 2. The summed E-state index contributed by atoms with van der Waals surface area (Å²) in [6, 6.07) is 10.2. The number of ether oxygens (including phenoxy) is 2. The average molecular weight is 402 g/mol. The standard InChI is InChI=1S/C20H20ClN3O4/c1-12-23(2)20(26)13-7-5-6-8-16(13)24(12)11-19(25)22-15-9-14(21)17(27-3)10-18(15)28-4/h5-10H,1,11H2,2-4H3,(H,22,25). The summed E-state index contributed by atoms with van der Waals surface area (Å²) in [4.78, 5) is 28.3. The zero-order valence-corrected chi connectivity index (χ0v) is 16.5. The molecule has 28 heavy (non-hydrogen) atoms. The molecule has 1 aliphatic rings. The molecule has 2 amide bonds. The number of rotatable bonds is 5. The number of benzene rings is 2. The smallest absolute Gasteiger partial charge is 0.261 e. The van der Waals surface area contributed by atoms with Gasteiger partial charge in [-0.3, -0.25) is 14.5 Å². The van der Waals surface area contributed by atoms with Gasteiger partial charge in [0.15, 0.2) is 0 Å². The molecule has 146 valence electrons. The van der Waals surface area contributed by atoms with Crippen molar-refractivity contribution >= 4 is 34.8 Å². The molecule has 0 spiro atoms. The van der Waals surface area contributed by atoms with Crippen LogP contribution in [0.4, 0.5) is 11.4 Å². The number of methoxy groups -OCH3 is 2. The van der Waals surface area contributed by atoms with Gasteiger partial charge in [0.2, 0.25) is 5.91 Å². The Morgan fingerprint density at radius 3 is 2.54 bits per heavy atom. The number of hydrogen-bond acceptors (Lipinski definition) is 5. The second kappa shape index (κ2) is 7.82. The van der Waals surface area contributed by atoms with E-state index < -0.39 is 0 Å². The van der Waals surface area contributed by atoms with E-state index in [1.165, 1.54) is 19.1 Å². The maximum absolute atomic E-state index is 12.7. The van der Waals surface area contributed by atoms with Gasteiger partial charge in [-0.05, 0) is 18.2 Å². The van der Waals surface area contributed by atoms with Crippen LogP contribution in [0.3, 0.4) is 0 Å². The molecule has 3 rings (SSSR count). The highest BCUT2D eigenvalue weighted by atomic mass is 35.5. The van der Waals surface area contributed by atoms with Crippen LogP contribution in [0.5, 0.6) is 11.5 Å². The fraction of sp³-hybridized carbons (Fsp3) is 0.200. The first-order chi connectivity index (χ1) is 13.4. The van der Waals surface area contributed by atoms with Crippen LogP contribution in [0.25, 0.3) is 0 Å². The van der Waals surface area contributed by atoms with Crippen LogP contribution in [-0.4, -0.2) is 44.5 Å². The van der Waals surface area contributed by atoms with Crippen molar-refractivity contribution in [2.75, 3.05) is 38.0 Å². The highest BCUT2D eigenvalue weighted by molar-refractivity contribution is 6.32. The monoisotopic (exact) mass is 401 g/mol. The van der Waals surface area contributed by atoms with Crippen molar-refractivity contribution in [3.8, 4) is 11.5 Å². The molecule has 0 saturated carbocycles. The molecular weight excluding hydrogens is 382 g/mol. The molecule has 0 aromatic heterocycles. The van der Waals surface area contributed by atoms with Gasteiger partial charge in [-0.2, -0.15) is 0 Å². The number of hydrogen-bond donors (Lipinski definition) is 1. The van der Waals surface area contributed by atoms with E-state index in [0.717, 1.165) is 0 Å². The van der Waals surface area contributed by atoms with Gasteiger partial charge in [0.1, 0.15) is 23.9 Å². The van der Waals surface area contributed by atoms with Crippen LogP contribution in [-0.2, 0) is 4.79 Å². The molecule has 2 aromatic carbocycles. The number of halogens is 1. The Kier molecular flexibility index (Phi) is 5.46. The van der Waals surface area contributed by atoms with Crippen LogP contribution in [0.2, 0.25) is 5.02 Å². The average Bonchev–Trinajstić information content (AvgIpc) is 2.69. The van der Waals surface area contributed by atoms with E-state index in [1.54, 1.807) is 42.3 Å². The summed E-state index contributed by atoms with van der Waals surface area (Å²) in [5, 5.41) is 3.13. The number of carbonyl (C=O) groups excluding carboxylic acids is 2. The molecule has 0 bridgehead atoms. The lowest BCUT2D eigenvalue weighted by atomic mass is 10.1. The Morgan fingerprint density at radius 1 is 1.18 bits per heavy atom. The second-order valence-corrected chi connectivity index (χ2v) is 6.53. The normalized spacial score (nSPS) is 13.3. The van der Waals surface area contributed by atoms with E-state index in [2.05, 4.69) is 11.9 Å². The Morgan fingerprint density at radius 2 is 1.86 bits per heavy atom. The van der Waals surface area contributed by atoms with Crippen molar-refractivity contribution in [3.05, 3.63) is 59.4 Å². The first-order valence-corrected chi connectivity index (χ1v) is 8.80. The number of fused-ring (bicyclic) bond motifs is 1. The molecule has 1 aliphatic heterocycles. The van der Waals surface area contributed by atoms with E-state index in [9.17, 15) is 9.59 Å². The number of anilines is 2. The van der Waals surface area contributed by atoms with E-state index in [1.807, 2.05) is 6.07 Å². The van der Waals surface area contributed by atoms with E-state index >= 15 is 0 Å². The van der Waals surface area contributed by atoms with Gasteiger partial charge in [-0.15, -0.1) is 0 Å². The molecular formula is C20H20ClN3O4. The number of para-hydroxylation sites is 1. The number of nitrogens with one attached hydrogen (secondary N) is 1. The van der Waals surface area contributed by atoms with Gasteiger partial charge in [0.25, 0.3) is 5.91 Å². The van der Waals surface area contributed by atoms with Crippen molar-refractivity contribution in [1.82, 2.24) is 4.90 Å². The van der Waals surface area contributed by atoms with Crippen molar-refractivity contribution in [2.24, 2.45) is 0 Å². The summed E-state index contributed by atoms with van der Waals surface area (Å²) in [5.41, 5.74) is 1.55. The van der Waals surface area contributed by atoms with E-state index in [0.29, 0.717) is 39.3 Å². The van der Waals surface area contributed by atoms with E-state index in [4.69, 9.17) is 21.1 Å². The Balaban J connectivity index is 1.86. The van der Waals surface area contributed by atoms with Gasteiger partial charge in [-0.25, -0.2) is 0 Å². The molecule has 0 radical (unpaired) electrons. The summed E-state index contributed by atoms with van der Waals surface area (Å²) in [5.74, 6) is 0.785. The molecule has 0 unspecified atom stereocenters. The highest BCUT2D eigenvalue weighted by Gasteiger charge is 2.31. The maximum atomic E-state index is 12.7. The lowest BCUT2D eigenvalue weighted by molar-refractivity contribution is -0.115. The van der Waals surface area contributed by atoms with Crippen molar-refractivity contribution in [1.29, 1.82) is 0 Å². The molecule has 1 N–H and O–H groups in total. The summed E-state index contributed by atoms with van der Waals surface area (Å²) in [7, 11) is 4.61. The number of carbonyl (C=O) groups is 2. The lowest BCUT2D eigenvalue weighted by Crippen LogP contribution is -2.45. The van der Waals surface area contributed by atoms with Gasteiger partial charge in [0, 0.05) is 13.1 Å². The van der Waals surface area contributed by atoms with Crippen LogP contribution < -0.4 is 19.7 Å². The van der Waals surface area contributed by atoms with Gasteiger partial charge in [0.05, 0.1) is 36.2 Å². The summed E-state index contributed by atoms with van der Waals surface area (Å²) < 4.78 is 10.5. The van der Waals surface area contributed by atoms with Crippen LogP contribution in [0, 0.1) is 0 Å². The molecule has 7 nitrogen and oxygen atoms in total. The predicted molar refractivity (Wildman–Crippen MR) is 108 cm³/mol. The molecule has 2 aromatic rings. The Bertz CT molecular complexity index is 960. The molecule has 1 heterocycles. The maximum Gasteiger partial charge on any atom is 0.261 e. The van der Waals surface area contributed by atoms with Gasteiger partial charge < -0.3 is 19.7 Å². The molecule has 0 fully saturated rings. The fourth-order valence-electron chi connectivity index (χ4n) is 2.98. The quantitative estimate of drug-likeness (QED) is 0.831. The predicted octanol–water partition coefficient (Wildman–Crippen LogP) is 3.36. The summed E-state index contributed by atoms with van der Waals surface area (Å²) in [6.45, 7) is 3.90. The van der Waals surface area contributed by atoms with Crippen molar-refractivity contribution in [3.63, 3.8) is 0 Å².